The smallest absolute Gasteiger partial charge is 0.341 e. The lowest BCUT2D eigenvalue weighted by Gasteiger charge is -2.17. The second-order valence-corrected chi connectivity index (χ2v) is 8.96. The molecule has 39 heavy (non-hydrogen) atoms. The lowest BCUT2D eigenvalue weighted by Crippen LogP contribution is -2.09. The van der Waals surface area contributed by atoms with E-state index in [-0.39, 0.29) is 5.88 Å². The predicted molar refractivity (Wildman–Crippen MR) is 151 cm³/mol. The number of rotatable bonds is 13. The van der Waals surface area contributed by atoms with E-state index < -0.39 is 5.97 Å². The van der Waals surface area contributed by atoms with Crippen molar-refractivity contribution < 1.29 is 28.8 Å². The Kier molecular flexibility index (Phi) is 9.51. The Hall–Kier alpha value is -4.39. The maximum atomic E-state index is 12.2. The van der Waals surface area contributed by atoms with Gasteiger partial charge in [-0.2, -0.15) is 0 Å². The number of ether oxygens (including phenoxy) is 4. The van der Waals surface area contributed by atoms with E-state index in [2.05, 4.69) is 13.8 Å². The van der Waals surface area contributed by atoms with Gasteiger partial charge in [0.2, 0.25) is 0 Å². The molecule has 1 heterocycles. The minimum Gasteiger partial charge on any atom is -0.494 e. The molecule has 0 atom stereocenters. The third-order valence-corrected chi connectivity index (χ3v) is 6.32. The summed E-state index contributed by atoms with van der Waals surface area (Å²) >= 11 is 0. The monoisotopic (exact) mass is 529 g/mol. The normalized spacial score (nSPS) is 10.7. The number of aryl methyl sites for hydroxylation is 1. The van der Waals surface area contributed by atoms with Crippen LogP contribution in [0.1, 0.15) is 48.3 Å². The molecular weight excluding hydrogens is 494 g/mol. The summed E-state index contributed by atoms with van der Waals surface area (Å²) in [4.78, 5) is 12.2. The molecule has 204 valence electrons. The highest BCUT2D eigenvalue weighted by molar-refractivity contribution is 5.92. The van der Waals surface area contributed by atoms with E-state index in [1.54, 1.807) is 24.3 Å². The largest absolute Gasteiger partial charge is 0.494 e. The van der Waals surface area contributed by atoms with Crippen molar-refractivity contribution in [1.82, 2.24) is 4.57 Å². The average molecular weight is 530 g/mol. The second-order valence-electron chi connectivity index (χ2n) is 8.96. The molecule has 0 fully saturated rings. The van der Waals surface area contributed by atoms with Crippen LogP contribution in [-0.4, -0.2) is 36.0 Å². The number of aromatic hydroxyl groups is 1. The van der Waals surface area contributed by atoms with Gasteiger partial charge in [-0.05, 0) is 55.3 Å². The van der Waals surface area contributed by atoms with Gasteiger partial charge in [-0.25, -0.2) is 4.79 Å². The highest BCUT2D eigenvalue weighted by Crippen LogP contribution is 2.35. The molecule has 0 saturated carbocycles. The number of para-hydroxylation sites is 3. The van der Waals surface area contributed by atoms with Crippen LogP contribution in [-0.2, 0) is 17.6 Å². The fraction of sp³-hybridized carbons (Fsp3) is 0.281. The van der Waals surface area contributed by atoms with Crippen LogP contribution in [0.5, 0.6) is 28.9 Å². The van der Waals surface area contributed by atoms with Crippen LogP contribution in [0.2, 0.25) is 0 Å². The standard InChI is InChI=1S/C32H35NO6/c1-4-12-24-27(17-10-18-28(24)39-29-15-8-6-13-25(29)32(35)36-3)37-21-11-22-38-30-16-9-7-14-26(30)33-23(5-2)19-20-31(33)34/h6-10,13-20,34H,4-5,11-12,21-22H2,1-3H3. The van der Waals surface area contributed by atoms with Crippen LogP contribution in [0, 0.1) is 0 Å². The lowest BCUT2D eigenvalue weighted by molar-refractivity contribution is 0.0598. The molecule has 1 aromatic heterocycles. The molecule has 7 nitrogen and oxygen atoms in total. The lowest BCUT2D eigenvalue weighted by atomic mass is 10.1. The van der Waals surface area contributed by atoms with E-state index in [1.807, 2.05) is 59.2 Å². The van der Waals surface area contributed by atoms with Crippen LogP contribution < -0.4 is 14.2 Å². The van der Waals surface area contributed by atoms with Crippen LogP contribution in [0.4, 0.5) is 0 Å². The number of aromatic nitrogens is 1. The third kappa shape index (κ3) is 6.55. The van der Waals surface area contributed by atoms with Crippen molar-refractivity contribution in [2.75, 3.05) is 20.3 Å². The molecule has 4 aromatic rings. The molecule has 0 unspecified atom stereocenters. The molecule has 0 aliphatic carbocycles. The van der Waals surface area contributed by atoms with Crippen molar-refractivity contribution in [3.05, 3.63) is 95.7 Å². The van der Waals surface area contributed by atoms with Crippen LogP contribution in [0.25, 0.3) is 5.69 Å². The molecule has 0 saturated heterocycles. The Morgan fingerprint density at radius 1 is 0.795 bits per heavy atom. The molecule has 0 aliphatic rings. The highest BCUT2D eigenvalue weighted by Gasteiger charge is 2.17. The number of hydrogen-bond acceptors (Lipinski definition) is 6. The Labute approximate surface area is 229 Å². The summed E-state index contributed by atoms with van der Waals surface area (Å²) in [6.45, 7) is 5.06. The minimum atomic E-state index is -0.450. The van der Waals surface area contributed by atoms with Gasteiger partial charge >= 0.3 is 5.97 Å². The first-order chi connectivity index (χ1) is 19.1. The van der Waals surface area contributed by atoms with Crippen molar-refractivity contribution in [2.24, 2.45) is 0 Å². The number of carbonyl (C=O) groups excluding carboxylic acids is 1. The van der Waals surface area contributed by atoms with E-state index in [4.69, 9.17) is 18.9 Å². The number of nitrogens with zero attached hydrogens (tertiary/aromatic N) is 1. The van der Waals surface area contributed by atoms with Crippen molar-refractivity contribution in [3.63, 3.8) is 0 Å². The van der Waals surface area contributed by atoms with Gasteiger partial charge in [0.25, 0.3) is 0 Å². The van der Waals surface area contributed by atoms with Crippen molar-refractivity contribution >= 4 is 5.97 Å². The van der Waals surface area contributed by atoms with Gasteiger partial charge in [-0.15, -0.1) is 0 Å². The van der Waals surface area contributed by atoms with Gasteiger partial charge in [0.05, 0.1) is 26.0 Å². The van der Waals surface area contributed by atoms with Crippen LogP contribution in [0.15, 0.2) is 78.9 Å². The van der Waals surface area contributed by atoms with Gasteiger partial charge in [-0.1, -0.05) is 50.6 Å². The van der Waals surface area contributed by atoms with Gasteiger partial charge in [0, 0.05) is 23.7 Å². The zero-order valence-electron chi connectivity index (χ0n) is 22.7. The quantitative estimate of drug-likeness (QED) is 0.147. The first-order valence-corrected chi connectivity index (χ1v) is 13.3. The zero-order chi connectivity index (χ0) is 27.6. The molecule has 0 amide bonds. The Morgan fingerprint density at radius 3 is 2.21 bits per heavy atom. The number of benzene rings is 3. The molecule has 0 radical (unpaired) electrons. The summed E-state index contributed by atoms with van der Waals surface area (Å²) in [5, 5.41) is 10.4. The molecule has 3 aromatic carbocycles. The fourth-order valence-electron chi connectivity index (χ4n) is 4.43. The van der Waals surface area contributed by atoms with Crippen molar-refractivity contribution in [3.8, 4) is 34.6 Å². The summed E-state index contributed by atoms with van der Waals surface area (Å²) in [7, 11) is 1.35. The topological polar surface area (TPSA) is 79.2 Å². The van der Waals surface area contributed by atoms with E-state index in [0.717, 1.165) is 42.0 Å². The first kappa shape index (κ1) is 27.6. The number of carbonyl (C=O) groups is 1. The predicted octanol–water partition coefficient (Wildman–Crippen LogP) is 7.12. The molecule has 0 aliphatic heterocycles. The Morgan fingerprint density at radius 2 is 1.46 bits per heavy atom. The molecule has 1 N–H and O–H groups in total. The highest BCUT2D eigenvalue weighted by atomic mass is 16.5. The second kappa shape index (κ2) is 13.4. The van der Waals surface area contributed by atoms with Crippen LogP contribution in [0.3, 0.4) is 0 Å². The number of methoxy groups -OCH3 is 1. The van der Waals surface area contributed by atoms with Gasteiger partial charge in [0.1, 0.15) is 28.6 Å². The van der Waals surface area contributed by atoms with Crippen molar-refractivity contribution in [2.45, 2.75) is 39.5 Å². The van der Waals surface area contributed by atoms with E-state index in [0.29, 0.717) is 42.4 Å². The summed E-state index contributed by atoms with van der Waals surface area (Å²) in [5.74, 6) is 2.26. The number of hydrogen-bond donors (Lipinski definition) is 1. The van der Waals surface area contributed by atoms with E-state index in [9.17, 15) is 9.90 Å². The molecule has 4 rings (SSSR count). The summed E-state index contributed by atoms with van der Waals surface area (Å²) in [5.41, 5.74) is 3.12. The zero-order valence-corrected chi connectivity index (χ0v) is 22.7. The Bertz CT molecular complexity index is 1390. The third-order valence-electron chi connectivity index (χ3n) is 6.32. The maximum Gasteiger partial charge on any atom is 0.341 e. The summed E-state index contributed by atoms with van der Waals surface area (Å²) in [6.07, 6.45) is 3.12. The van der Waals surface area contributed by atoms with Crippen molar-refractivity contribution in [1.29, 1.82) is 0 Å². The van der Waals surface area contributed by atoms with Gasteiger partial charge in [0.15, 0.2) is 5.88 Å². The van der Waals surface area contributed by atoms with E-state index >= 15 is 0 Å². The maximum absolute atomic E-state index is 12.2. The SMILES string of the molecule is CCCc1c(OCCCOc2ccccc2-n2c(O)ccc2CC)cccc1Oc1ccccc1C(=O)OC. The number of esters is 1. The van der Waals surface area contributed by atoms with Gasteiger partial charge < -0.3 is 24.1 Å². The molecule has 0 spiro atoms. The van der Waals surface area contributed by atoms with E-state index in [1.165, 1.54) is 7.11 Å². The fourth-order valence-corrected chi connectivity index (χ4v) is 4.43. The van der Waals surface area contributed by atoms with Gasteiger partial charge in [-0.3, -0.25) is 4.57 Å². The summed E-state index contributed by atoms with van der Waals surface area (Å²) < 4.78 is 25.2. The molecule has 0 bridgehead atoms. The minimum absolute atomic E-state index is 0.186. The average Bonchev–Trinajstić information content (AvgIpc) is 3.34. The summed E-state index contributed by atoms with van der Waals surface area (Å²) in [6, 6.07) is 24.0. The van der Waals surface area contributed by atoms with Crippen LogP contribution >= 0.6 is 0 Å². The first-order valence-electron chi connectivity index (χ1n) is 13.3. The Balaban J connectivity index is 1.42. The molecular formula is C32H35NO6. The molecule has 7 heteroatoms.